The number of aliphatic hydroxyl groups excluding tert-OH is 10. The number of aliphatic hydroxyl groups is 10. The van der Waals surface area contributed by atoms with E-state index >= 15 is 4.79 Å². The first-order valence-electron chi connectivity index (χ1n) is 24.2. The van der Waals surface area contributed by atoms with Gasteiger partial charge in [0, 0.05) is 0 Å². The number of carbonyl (C=O) groups is 1. The van der Waals surface area contributed by atoms with E-state index in [0.29, 0.717) is 25.2 Å². The van der Waals surface area contributed by atoms with Crippen molar-refractivity contribution < 1.29 is 84.3 Å². The molecule has 23 atom stereocenters. The number of ether oxygens (including phenoxy) is 6. The van der Waals surface area contributed by atoms with Crippen LogP contribution in [0.5, 0.6) is 0 Å². The van der Waals surface area contributed by atoms with Crippen molar-refractivity contribution >= 4 is 5.97 Å². The van der Waals surface area contributed by atoms with Gasteiger partial charge >= 0.3 is 5.97 Å². The lowest BCUT2D eigenvalue weighted by Crippen LogP contribution is -2.66. The fourth-order valence-electron chi connectivity index (χ4n) is 15.0. The van der Waals surface area contributed by atoms with E-state index in [4.69, 9.17) is 28.4 Å². The minimum absolute atomic E-state index is 0.0931. The summed E-state index contributed by atoms with van der Waals surface area (Å²) in [6.45, 7) is 16.4. The molecule has 8 aliphatic rings. The molecule has 372 valence electrons. The molecule has 0 radical (unpaired) electrons. The standard InChI is InChI=1S/C48H78O17/c1-22-30(51)33(54)36(57)39(60-22)64-38-35(56)32(53)26(21-50)62-41(38)65-42(59)48-17-15-43(2,3)19-24(48)23-9-10-28-45(6)13-12-29(63-40-37(58)34(55)31(52)25(20-49)61-40)44(4,5)27(45)11-14-47(28,8)46(23,7)16-18-48/h9,22,24-41,49-58H,10-21H2,1-8H3. The second kappa shape index (κ2) is 17.5. The third kappa shape index (κ3) is 7.81. The third-order valence-corrected chi connectivity index (χ3v) is 19.3. The fraction of sp³-hybridized carbons (Fsp3) is 0.938. The number of fused-ring (bicyclic) bond motifs is 7. The Morgan fingerprint density at radius 1 is 0.646 bits per heavy atom. The summed E-state index contributed by atoms with van der Waals surface area (Å²) >= 11 is 0. The van der Waals surface area contributed by atoms with Crippen LogP contribution in [-0.4, -0.2) is 168 Å². The minimum atomic E-state index is -1.75. The number of rotatable bonds is 8. The van der Waals surface area contributed by atoms with Crippen molar-refractivity contribution in [3.63, 3.8) is 0 Å². The van der Waals surface area contributed by atoms with Crippen molar-refractivity contribution in [3.8, 4) is 0 Å². The molecule has 0 aromatic heterocycles. The van der Waals surface area contributed by atoms with E-state index in [1.807, 2.05) is 0 Å². The third-order valence-electron chi connectivity index (χ3n) is 19.3. The van der Waals surface area contributed by atoms with Crippen molar-refractivity contribution in [2.24, 2.45) is 50.2 Å². The maximum absolute atomic E-state index is 15.2. The molecular weight excluding hydrogens is 849 g/mol. The Labute approximate surface area is 382 Å². The molecule has 3 heterocycles. The van der Waals surface area contributed by atoms with Gasteiger partial charge in [0.1, 0.15) is 61.0 Å². The van der Waals surface area contributed by atoms with E-state index in [0.717, 1.165) is 44.9 Å². The molecule has 10 N–H and O–H groups in total. The predicted molar refractivity (Wildman–Crippen MR) is 229 cm³/mol. The van der Waals surface area contributed by atoms with E-state index in [2.05, 4.69) is 54.5 Å². The number of esters is 1. The van der Waals surface area contributed by atoms with Gasteiger partial charge in [-0.25, -0.2) is 0 Å². The maximum atomic E-state index is 15.2. The van der Waals surface area contributed by atoms with Crippen LogP contribution in [0, 0.1) is 50.2 Å². The Kier molecular flexibility index (Phi) is 13.4. The number of allylic oxidation sites excluding steroid dienone is 2. The maximum Gasteiger partial charge on any atom is 0.315 e. The van der Waals surface area contributed by atoms with Gasteiger partial charge < -0.3 is 79.5 Å². The van der Waals surface area contributed by atoms with Crippen molar-refractivity contribution in [3.05, 3.63) is 11.6 Å². The summed E-state index contributed by atoms with van der Waals surface area (Å²) in [5.74, 6) is -0.188. The number of hydrogen-bond acceptors (Lipinski definition) is 17. The summed E-state index contributed by atoms with van der Waals surface area (Å²) < 4.78 is 36.2. The summed E-state index contributed by atoms with van der Waals surface area (Å²) in [7, 11) is 0. The molecule has 23 unspecified atom stereocenters. The predicted octanol–water partition coefficient (Wildman–Crippen LogP) is 1.17. The highest BCUT2D eigenvalue weighted by atomic mass is 16.8. The molecule has 0 aromatic rings. The minimum Gasteiger partial charge on any atom is -0.432 e. The Hall–Kier alpha value is -1.39. The lowest BCUT2D eigenvalue weighted by molar-refractivity contribution is -0.361. The van der Waals surface area contributed by atoms with Gasteiger partial charge in [-0.05, 0) is 116 Å². The van der Waals surface area contributed by atoms with Crippen LogP contribution in [0.15, 0.2) is 11.6 Å². The Morgan fingerprint density at radius 3 is 1.88 bits per heavy atom. The Morgan fingerprint density at radius 2 is 1.23 bits per heavy atom. The van der Waals surface area contributed by atoms with Gasteiger partial charge in [0.2, 0.25) is 6.29 Å². The molecule has 0 bridgehead atoms. The zero-order valence-corrected chi connectivity index (χ0v) is 39.4. The summed E-state index contributed by atoms with van der Waals surface area (Å²) in [4.78, 5) is 15.2. The van der Waals surface area contributed by atoms with Crippen LogP contribution in [0.2, 0.25) is 0 Å². The van der Waals surface area contributed by atoms with Crippen LogP contribution < -0.4 is 0 Å². The Bertz CT molecular complexity index is 1780. The van der Waals surface area contributed by atoms with Gasteiger partial charge in [0.15, 0.2) is 18.7 Å². The van der Waals surface area contributed by atoms with E-state index < -0.39 is 117 Å². The van der Waals surface area contributed by atoms with E-state index in [1.165, 1.54) is 12.5 Å². The molecule has 0 aromatic carbocycles. The average molecular weight is 927 g/mol. The number of hydrogen-bond donors (Lipinski definition) is 10. The van der Waals surface area contributed by atoms with Gasteiger partial charge in [0.25, 0.3) is 0 Å². The summed E-state index contributed by atoms with van der Waals surface area (Å²) in [6.07, 6.45) is -12.4. The van der Waals surface area contributed by atoms with Gasteiger partial charge in [-0.15, -0.1) is 0 Å². The van der Waals surface area contributed by atoms with Crippen molar-refractivity contribution in [1.29, 1.82) is 0 Å². The van der Waals surface area contributed by atoms with E-state index in [9.17, 15) is 51.1 Å². The van der Waals surface area contributed by atoms with Gasteiger partial charge in [0.05, 0.1) is 30.8 Å². The van der Waals surface area contributed by atoms with E-state index in [-0.39, 0.29) is 45.0 Å². The second-order valence-electron chi connectivity index (χ2n) is 23.4. The van der Waals surface area contributed by atoms with Gasteiger partial charge in [-0.2, -0.15) is 0 Å². The molecule has 0 spiro atoms. The van der Waals surface area contributed by atoms with Crippen LogP contribution in [0.1, 0.15) is 120 Å². The molecule has 8 rings (SSSR count). The van der Waals surface area contributed by atoms with Crippen LogP contribution in [0.4, 0.5) is 0 Å². The molecule has 65 heavy (non-hydrogen) atoms. The van der Waals surface area contributed by atoms with Crippen molar-refractivity contribution in [1.82, 2.24) is 0 Å². The zero-order chi connectivity index (χ0) is 47.6. The molecular formula is C48H78O17. The molecule has 17 heteroatoms. The molecule has 4 saturated carbocycles. The normalized spacial score (nSPS) is 53.9. The quantitative estimate of drug-likeness (QED) is 0.0930. The smallest absolute Gasteiger partial charge is 0.315 e. The lowest BCUT2D eigenvalue weighted by Gasteiger charge is -2.71. The van der Waals surface area contributed by atoms with Gasteiger partial charge in [-0.1, -0.05) is 60.1 Å². The average Bonchev–Trinajstić information content (AvgIpc) is 3.25. The second-order valence-corrected chi connectivity index (χ2v) is 23.4. The van der Waals surface area contributed by atoms with E-state index in [1.54, 1.807) is 0 Å². The van der Waals surface area contributed by atoms with Crippen molar-refractivity contribution in [2.45, 2.75) is 218 Å². The van der Waals surface area contributed by atoms with Crippen LogP contribution >= 0.6 is 0 Å². The molecule has 17 nitrogen and oxygen atoms in total. The van der Waals surface area contributed by atoms with Crippen LogP contribution in [0.3, 0.4) is 0 Å². The molecule has 5 aliphatic carbocycles. The monoisotopic (exact) mass is 927 g/mol. The first-order chi connectivity index (χ1) is 30.3. The zero-order valence-electron chi connectivity index (χ0n) is 39.4. The largest absolute Gasteiger partial charge is 0.432 e. The first-order valence-corrected chi connectivity index (χ1v) is 24.2. The SMILES string of the molecule is CC1OC(OC2C(OC(=O)C34CCC(C)(C)CC3C3=CCC5C6(C)CCC(OC7OC(CO)C(O)C(O)C7O)C(C)(C)C6CCC5(C)C3(C)CC4)OC(CO)C(O)C2O)C(O)C(O)C1O. The molecule has 0 amide bonds. The highest BCUT2D eigenvalue weighted by Crippen LogP contribution is 2.76. The molecule has 7 fully saturated rings. The van der Waals surface area contributed by atoms with Crippen LogP contribution in [0.25, 0.3) is 0 Å². The lowest BCUT2D eigenvalue weighted by atomic mass is 9.33. The molecule has 3 saturated heterocycles. The fourth-order valence-corrected chi connectivity index (χ4v) is 15.0. The molecule has 3 aliphatic heterocycles. The summed E-state index contributed by atoms with van der Waals surface area (Å²) in [5.41, 5.74) is -0.660. The van der Waals surface area contributed by atoms with Crippen LogP contribution in [-0.2, 0) is 33.2 Å². The topological polar surface area (TPSA) is 275 Å². The van der Waals surface area contributed by atoms with Gasteiger partial charge in [-0.3, -0.25) is 4.79 Å². The highest BCUT2D eigenvalue weighted by Gasteiger charge is 2.70. The summed E-state index contributed by atoms with van der Waals surface area (Å²) in [5, 5.41) is 106. The summed E-state index contributed by atoms with van der Waals surface area (Å²) in [6, 6.07) is 0. The highest BCUT2D eigenvalue weighted by molar-refractivity contribution is 5.79. The Balaban J connectivity index is 1.06. The first kappa shape index (κ1) is 50.0. The number of carbonyl (C=O) groups excluding carboxylic acids is 1. The van der Waals surface area contributed by atoms with Crippen molar-refractivity contribution in [2.75, 3.05) is 13.2 Å².